The lowest BCUT2D eigenvalue weighted by Crippen LogP contribution is -2.40. The monoisotopic (exact) mass is 396 g/mol. The summed E-state index contributed by atoms with van der Waals surface area (Å²) >= 11 is 0. The van der Waals surface area contributed by atoms with E-state index in [1.165, 1.54) is 11.3 Å². The number of carbonyl (C=O) groups is 2. The molecule has 1 saturated heterocycles. The van der Waals surface area contributed by atoms with Gasteiger partial charge in [0.25, 0.3) is 5.91 Å². The van der Waals surface area contributed by atoms with Gasteiger partial charge in [0.2, 0.25) is 0 Å². The van der Waals surface area contributed by atoms with Crippen molar-refractivity contribution in [2.45, 2.75) is 46.2 Å². The Balaban J connectivity index is 1.55. The van der Waals surface area contributed by atoms with E-state index in [4.69, 9.17) is 4.42 Å². The van der Waals surface area contributed by atoms with Gasteiger partial charge in [-0.15, -0.1) is 0 Å². The average Bonchev–Trinajstić information content (AvgIpc) is 3.40. The summed E-state index contributed by atoms with van der Waals surface area (Å²) in [6.07, 6.45) is 3.01. The molecule has 6 heteroatoms. The number of carbonyl (C=O) groups excluding carboxylic acids is 1. The molecule has 0 saturated carbocycles. The van der Waals surface area contributed by atoms with Crippen molar-refractivity contribution in [3.8, 4) is 0 Å². The van der Waals surface area contributed by atoms with Crippen molar-refractivity contribution < 1.29 is 19.1 Å². The molecule has 6 nitrogen and oxygen atoms in total. The zero-order chi connectivity index (χ0) is 20.8. The van der Waals surface area contributed by atoms with Crippen LogP contribution in [0.5, 0.6) is 0 Å². The fourth-order valence-electron chi connectivity index (χ4n) is 4.74. The number of anilines is 1. The molecule has 1 aromatic carbocycles. The van der Waals surface area contributed by atoms with Gasteiger partial charge < -0.3 is 19.3 Å². The standard InChI is InChI=1S/C23H28N2O4/c1-15(2)23(22(27)28)9-10-24(14-23)21(26)20-18(8-11-29-20)13-25-16(3)12-17-6-4-5-7-19(17)25/h4-8,11,15-16H,9-10,12-14H2,1-3H3,(H,27,28). The van der Waals surface area contributed by atoms with Crippen molar-refractivity contribution in [2.75, 3.05) is 18.0 Å². The topological polar surface area (TPSA) is 74.0 Å². The van der Waals surface area contributed by atoms with Crippen molar-refractivity contribution >= 4 is 17.6 Å². The molecule has 0 bridgehead atoms. The Labute approximate surface area is 171 Å². The van der Waals surface area contributed by atoms with Gasteiger partial charge in [0.1, 0.15) is 0 Å². The summed E-state index contributed by atoms with van der Waals surface area (Å²) < 4.78 is 5.60. The minimum absolute atomic E-state index is 0.0455. The van der Waals surface area contributed by atoms with Gasteiger partial charge >= 0.3 is 5.97 Å². The number of aliphatic carboxylic acids is 1. The van der Waals surface area contributed by atoms with E-state index in [9.17, 15) is 14.7 Å². The van der Waals surface area contributed by atoms with Gasteiger partial charge in [0.15, 0.2) is 5.76 Å². The third kappa shape index (κ3) is 3.20. The van der Waals surface area contributed by atoms with Crippen LogP contribution in [-0.2, 0) is 17.8 Å². The largest absolute Gasteiger partial charge is 0.481 e. The molecule has 2 unspecified atom stereocenters. The number of carboxylic acids is 1. The first-order chi connectivity index (χ1) is 13.8. The van der Waals surface area contributed by atoms with E-state index in [-0.39, 0.29) is 18.4 Å². The number of hydrogen-bond donors (Lipinski definition) is 1. The molecule has 2 aliphatic heterocycles. The predicted octanol–water partition coefficient (Wildman–Crippen LogP) is 3.80. The molecule has 1 fully saturated rings. The Morgan fingerprint density at radius 1 is 1.28 bits per heavy atom. The number of carboxylic acid groups (broad SMARTS) is 1. The SMILES string of the molecule is CC1Cc2ccccc2N1Cc1ccoc1C(=O)N1CCC(C(=O)O)(C(C)C)C1. The molecular formula is C23H28N2O4. The van der Waals surface area contributed by atoms with Crippen LogP contribution in [0, 0.1) is 11.3 Å². The lowest BCUT2D eigenvalue weighted by Gasteiger charge is -2.28. The van der Waals surface area contributed by atoms with Gasteiger partial charge in [-0.1, -0.05) is 32.0 Å². The maximum absolute atomic E-state index is 13.2. The number of benzene rings is 1. The average molecular weight is 396 g/mol. The number of para-hydroxylation sites is 1. The Bertz CT molecular complexity index is 934. The number of hydrogen-bond acceptors (Lipinski definition) is 4. The number of nitrogens with zero attached hydrogens (tertiary/aromatic N) is 2. The summed E-state index contributed by atoms with van der Waals surface area (Å²) in [6, 6.07) is 10.5. The third-order valence-electron chi connectivity index (χ3n) is 6.75. The molecule has 29 heavy (non-hydrogen) atoms. The number of furan rings is 1. The molecule has 2 aromatic rings. The highest BCUT2D eigenvalue weighted by atomic mass is 16.4. The van der Waals surface area contributed by atoms with Gasteiger partial charge in [0.05, 0.1) is 11.7 Å². The van der Waals surface area contributed by atoms with Crippen molar-refractivity contribution in [3.63, 3.8) is 0 Å². The molecule has 1 aromatic heterocycles. The van der Waals surface area contributed by atoms with Crippen LogP contribution in [0.2, 0.25) is 0 Å². The lowest BCUT2D eigenvalue weighted by molar-refractivity contribution is -0.150. The van der Waals surface area contributed by atoms with E-state index < -0.39 is 11.4 Å². The minimum atomic E-state index is -0.884. The van der Waals surface area contributed by atoms with Crippen LogP contribution >= 0.6 is 0 Å². The van der Waals surface area contributed by atoms with E-state index in [1.54, 1.807) is 11.2 Å². The van der Waals surface area contributed by atoms with Gasteiger partial charge in [-0.05, 0) is 43.4 Å². The first-order valence-corrected chi connectivity index (χ1v) is 10.3. The first-order valence-electron chi connectivity index (χ1n) is 10.3. The van der Waals surface area contributed by atoms with Gasteiger partial charge in [-0.3, -0.25) is 9.59 Å². The van der Waals surface area contributed by atoms with Crippen molar-refractivity contribution in [1.82, 2.24) is 4.90 Å². The Kier molecular flexibility index (Phi) is 4.89. The smallest absolute Gasteiger partial charge is 0.311 e. The van der Waals surface area contributed by atoms with E-state index >= 15 is 0 Å². The second kappa shape index (κ2) is 7.25. The van der Waals surface area contributed by atoms with Crippen LogP contribution in [0.25, 0.3) is 0 Å². The van der Waals surface area contributed by atoms with Crippen LogP contribution in [0.15, 0.2) is 41.0 Å². The van der Waals surface area contributed by atoms with E-state index in [0.29, 0.717) is 31.3 Å². The van der Waals surface area contributed by atoms with E-state index in [2.05, 4.69) is 30.0 Å². The minimum Gasteiger partial charge on any atom is -0.481 e. The molecule has 0 spiro atoms. The maximum atomic E-state index is 13.2. The van der Waals surface area contributed by atoms with Gasteiger partial charge in [0, 0.05) is 36.9 Å². The molecule has 0 aliphatic carbocycles. The number of fused-ring (bicyclic) bond motifs is 1. The molecule has 154 valence electrons. The second-order valence-corrected chi connectivity index (χ2v) is 8.68. The molecule has 3 heterocycles. The highest BCUT2D eigenvalue weighted by molar-refractivity contribution is 5.94. The summed E-state index contributed by atoms with van der Waals surface area (Å²) in [5.41, 5.74) is 2.48. The Morgan fingerprint density at radius 3 is 2.72 bits per heavy atom. The summed E-state index contributed by atoms with van der Waals surface area (Å²) in [7, 11) is 0. The molecule has 2 atom stereocenters. The van der Waals surface area contributed by atoms with Crippen LogP contribution < -0.4 is 4.90 Å². The zero-order valence-electron chi connectivity index (χ0n) is 17.2. The first kappa shape index (κ1) is 19.6. The normalized spacial score (nSPS) is 23.7. The Morgan fingerprint density at radius 2 is 2.03 bits per heavy atom. The van der Waals surface area contributed by atoms with Crippen LogP contribution in [0.3, 0.4) is 0 Å². The van der Waals surface area contributed by atoms with E-state index in [0.717, 1.165) is 12.0 Å². The molecule has 2 aliphatic rings. The fourth-order valence-corrected chi connectivity index (χ4v) is 4.74. The summed E-state index contributed by atoms with van der Waals surface area (Å²) in [6.45, 7) is 7.26. The maximum Gasteiger partial charge on any atom is 0.311 e. The molecule has 4 rings (SSSR count). The molecule has 1 N–H and O–H groups in total. The quantitative estimate of drug-likeness (QED) is 0.832. The van der Waals surface area contributed by atoms with Crippen molar-refractivity contribution in [1.29, 1.82) is 0 Å². The molecule has 0 radical (unpaired) electrons. The number of rotatable bonds is 5. The number of amides is 1. The van der Waals surface area contributed by atoms with E-state index in [1.807, 2.05) is 26.0 Å². The molecule has 1 amide bonds. The second-order valence-electron chi connectivity index (χ2n) is 8.68. The van der Waals surface area contributed by atoms with Crippen LogP contribution in [-0.4, -0.2) is 41.0 Å². The summed E-state index contributed by atoms with van der Waals surface area (Å²) in [5, 5.41) is 9.76. The number of likely N-dealkylation sites (tertiary alicyclic amines) is 1. The van der Waals surface area contributed by atoms with Gasteiger partial charge in [-0.2, -0.15) is 0 Å². The van der Waals surface area contributed by atoms with Gasteiger partial charge in [-0.25, -0.2) is 0 Å². The molecular weight excluding hydrogens is 368 g/mol. The van der Waals surface area contributed by atoms with Crippen molar-refractivity contribution in [3.05, 3.63) is 53.5 Å². The zero-order valence-corrected chi connectivity index (χ0v) is 17.2. The Hall–Kier alpha value is -2.76. The predicted molar refractivity (Wildman–Crippen MR) is 110 cm³/mol. The van der Waals surface area contributed by atoms with Crippen molar-refractivity contribution in [2.24, 2.45) is 11.3 Å². The summed E-state index contributed by atoms with van der Waals surface area (Å²) in [4.78, 5) is 29.0. The van der Waals surface area contributed by atoms with Crippen LogP contribution in [0.1, 0.15) is 48.9 Å². The third-order valence-corrected chi connectivity index (χ3v) is 6.75. The lowest BCUT2D eigenvalue weighted by atomic mass is 9.76. The highest BCUT2D eigenvalue weighted by Crippen LogP contribution is 2.39. The van der Waals surface area contributed by atoms with Crippen LogP contribution in [0.4, 0.5) is 5.69 Å². The fraction of sp³-hybridized carbons (Fsp3) is 0.478. The summed E-state index contributed by atoms with van der Waals surface area (Å²) in [5.74, 6) is -0.763. The highest BCUT2D eigenvalue weighted by Gasteiger charge is 2.49.